The molecular weight excluding hydrogens is 326 g/mol. The minimum atomic E-state index is 0.558. The second-order valence-corrected chi connectivity index (χ2v) is 8.33. The van der Waals surface area contributed by atoms with Gasteiger partial charge in [-0.25, -0.2) is 9.97 Å². The zero-order valence-electron chi connectivity index (χ0n) is 15.2. The molecule has 0 radical (unpaired) electrons. The number of anilines is 1. The molecule has 4 rings (SSSR count). The fraction of sp³-hybridized carbons (Fsp3) is 0.429. The highest BCUT2D eigenvalue weighted by molar-refractivity contribution is 7.17. The number of rotatable bonds is 3. The van der Waals surface area contributed by atoms with Crippen molar-refractivity contribution in [3.63, 3.8) is 0 Å². The lowest BCUT2D eigenvalue weighted by atomic mass is 9.97. The first-order chi connectivity index (χ1) is 12.1. The summed E-state index contributed by atoms with van der Waals surface area (Å²) in [4.78, 5) is 12.7. The third-order valence-corrected chi connectivity index (χ3v) is 6.21. The number of fused-ring (bicyclic) bond motifs is 1. The van der Waals surface area contributed by atoms with Gasteiger partial charge in [-0.15, -0.1) is 11.3 Å². The van der Waals surface area contributed by atoms with Gasteiger partial charge in [0, 0.05) is 24.0 Å². The maximum atomic E-state index is 4.68. The van der Waals surface area contributed by atoms with Gasteiger partial charge in [0.05, 0.1) is 5.39 Å². The number of thiophene rings is 1. The summed E-state index contributed by atoms with van der Waals surface area (Å²) in [5.41, 5.74) is 3.91. The summed E-state index contributed by atoms with van der Waals surface area (Å²) >= 11 is 1.72. The van der Waals surface area contributed by atoms with Crippen LogP contribution in [0.25, 0.3) is 21.3 Å². The Bertz CT molecular complexity index is 858. The topological polar surface area (TPSA) is 29.0 Å². The molecule has 1 aliphatic rings. The van der Waals surface area contributed by atoms with E-state index in [2.05, 4.69) is 65.3 Å². The van der Waals surface area contributed by atoms with Crippen molar-refractivity contribution in [2.24, 2.45) is 5.92 Å². The van der Waals surface area contributed by atoms with Crippen LogP contribution in [0.5, 0.6) is 0 Å². The van der Waals surface area contributed by atoms with Crippen LogP contribution in [0.3, 0.4) is 0 Å². The van der Waals surface area contributed by atoms with Crippen LogP contribution in [0.2, 0.25) is 0 Å². The largest absolute Gasteiger partial charge is 0.356 e. The second-order valence-electron chi connectivity index (χ2n) is 7.47. The number of hydrogen-bond donors (Lipinski definition) is 0. The van der Waals surface area contributed by atoms with E-state index in [0.717, 1.165) is 29.7 Å². The molecule has 1 aromatic carbocycles. The zero-order valence-corrected chi connectivity index (χ0v) is 16.0. The van der Waals surface area contributed by atoms with Crippen molar-refractivity contribution in [3.8, 4) is 11.1 Å². The van der Waals surface area contributed by atoms with Gasteiger partial charge in [0.2, 0.25) is 0 Å². The molecule has 1 fully saturated rings. The molecule has 1 aliphatic heterocycles. The smallest absolute Gasteiger partial charge is 0.141 e. The van der Waals surface area contributed by atoms with Crippen LogP contribution in [-0.2, 0) is 0 Å². The van der Waals surface area contributed by atoms with E-state index in [1.807, 2.05) is 0 Å². The number of aromatic nitrogens is 2. The van der Waals surface area contributed by atoms with Gasteiger partial charge in [-0.3, -0.25) is 0 Å². The molecule has 25 heavy (non-hydrogen) atoms. The van der Waals surface area contributed by atoms with E-state index in [0.29, 0.717) is 5.92 Å². The maximum absolute atomic E-state index is 4.68. The Morgan fingerprint density at radius 1 is 1.08 bits per heavy atom. The van der Waals surface area contributed by atoms with Crippen molar-refractivity contribution >= 4 is 27.4 Å². The summed E-state index contributed by atoms with van der Waals surface area (Å²) < 4.78 is 0. The predicted octanol–water partition coefficient (Wildman–Crippen LogP) is 5.72. The average Bonchev–Trinajstić information content (AvgIpc) is 3.07. The summed E-state index contributed by atoms with van der Waals surface area (Å²) in [5.74, 6) is 2.49. The third-order valence-electron chi connectivity index (χ3n) is 5.32. The molecular formula is C21H25N3S. The van der Waals surface area contributed by atoms with E-state index in [1.54, 1.807) is 17.7 Å². The first-order valence-electron chi connectivity index (χ1n) is 9.21. The van der Waals surface area contributed by atoms with E-state index < -0.39 is 0 Å². The van der Waals surface area contributed by atoms with E-state index >= 15 is 0 Å². The normalized spacial score (nSPS) is 16.1. The van der Waals surface area contributed by atoms with Crippen molar-refractivity contribution in [2.75, 3.05) is 18.0 Å². The van der Waals surface area contributed by atoms with Crippen LogP contribution >= 0.6 is 11.3 Å². The summed E-state index contributed by atoms with van der Waals surface area (Å²) in [6, 6.07) is 8.98. The van der Waals surface area contributed by atoms with Crippen molar-refractivity contribution < 1.29 is 0 Å². The Morgan fingerprint density at radius 3 is 2.48 bits per heavy atom. The van der Waals surface area contributed by atoms with E-state index in [9.17, 15) is 0 Å². The lowest BCUT2D eigenvalue weighted by molar-refractivity contribution is 0.437. The minimum absolute atomic E-state index is 0.558. The molecule has 3 heterocycles. The fourth-order valence-electron chi connectivity index (χ4n) is 3.58. The summed E-state index contributed by atoms with van der Waals surface area (Å²) in [7, 11) is 0. The molecule has 0 saturated carbocycles. The molecule has 0 atom stereocenters. The average molecular weight is 352 g/mol. The Hall–Kier alpha value is -1.94. The van der Waals surface area contributed by atoms with Gasteiger partial charge in [0.1, 0.15) is 17.0 Å². The van der Waals surface area contributed by atoms with Crippen LogP contribution in [0.15, 0.2) is 36.0 Å². The lowest BCUT2D eigenvalue weighted by Gasteiger charge is -2.31. The van der Waals surface area contributed by atoms with E-state index in [1.165, 1.54) is 34.9 Å². The van der Waals surface area contributed by atoms with Crippen molar-refractivity contribution in [2.45, 2.75) is 39.5 Å². The predicted molar refractivity (Wildman–Crippen MR) is 108 cm³/mol. The van der Waals surface area contributed by atoms with Gasteiger partial charge in [0.25, 0.3) is 0 Å². The fourth-order valence-corrected chi connectivity index (χ4v) is 4.49. The summed E-state index contributed by atoms with van der Waals surface area (Å²) in [6.07, 6.45) is 4.21. The van der Waals surface area contributed by atoms with Gasteiger partial charge < -0.3 is 4.90 Å². The highest BCUT2D eigenvalue weighted by Gasteiger charge is 2.21. The molecule has 0 unspecified atom stereocenters. The lowest BCUT2D eigenvalue weighted by Crippen LogP contribution is -2.33. The van der Waals surface area contributed by atoms with Crippen molar-refractivity contribution in [3.05, 3.63) is 41.5 Å². The molecule has 0 amide bonds. The maximum Gasteiger partial charge on any atom is 0.141 e. The van der Waals surface area contributed by atoms with Crippen molar-refractivity contribution in [1.82, 2.24) is 9.97 Å². The summed E-state index contributed by atoms with van der Waals surface area (Å²) in [6.45, 7) is 9.00. The highest BCUT2D eigenvalue weighted by atomic mass is 32.1. The molecule has 4 heteroatoms. The van der Waals surface area contributed by atoms with Gasteiger partial charge in [-0.1, -0.05) is 45.0 Å². The zero-order chi connectivity index (χ0) is 17.4. The van der Waals surface area contributed by atoms with Crippen LogP contribution in [-0.4, -0.2) is 23.1 Å². The van der Waals surface area contributed by atoms with Gasteiger partial charge in [0.15, 0.2) is 0 Å². The van der Waals surface area contributed by atoms with Crippen LogP contribution in [0, 0.1) is 5.92 Å². The molecule has 2 aromatic heterocycles. The van der Waals surface area contributed by atoms with Crippen LogP contribution in [0.4, 0.5) is 5.82 Å². The van der Waals surface area contributed by atoms with Crippen LogP contribution in [0.1, 0.15) is 45.1 Å². The monoisotopic (exact) mass is 351 g/mol. The van der Waals surface area contributed by atoms with E-state index in [4.69, 9.17) is 0 Å². The third kappa shape index (κ3) is 3.15. The van der Waals surface area contributed by atoms with Gasteiger partial charge in [-0.2, -0.15) is 0 Å². The Kier molecular flexibility index (Phi) is 4.46. The van der Waals surface area contributed by atoms with Crippen LogP contribution < -0.4 is 4.90 Å². The first kappa shape index (κ1) is 16.5. The highest BCUT2D eigenvalue weighted by Crippen LogP contribution is 2.39. The molecule has 3 nitrogen and oxygen atoms in total. The number of benzene rings is 1. The molecule has 130 valence electrons. The minimum Gasteiger partial charge on any atom is -0.356 e. The Balaban J connectivity index is 1.77. The van der Waals surface area contributed by atoms with Gasteiger partial charge >= 0.3 is 0 Å². The SMILES string of the molecule is CC1CCN(c2ncnc3scc(-c4ccc(C(C)C)cc4)c23)CC1. The Labute approximate surface area is 153 Å². The molecule has 0 bridgehead atoms. The summed E-state index contributed by atoms with van der Waals surface area (Å²) in [5, 5.41) is 3.46. The quantitative estimate of drug-likeness (QED) is 0.604. The molecule has 0 aliphatic carbocycles. The number of piperidine rings is 1. The van der Waals surface area contributed by atoms with Gasteiger partial charge in [-0.05, 0) is 35.8 Å². The number of hydrogen-bond acceptors (Lipinski definition) is 4. The molecule has 1 saturated heterocycles. The standard InChI is InChI=1S/C21H25N3S/c1-14(2)16-4-6-17(7-5-16)18-12-25-21-19(18)20(22-13-23-21)24-10-8-15(3)9-11-24/h4-7,12-15H,8-11H2,1-3H3. The molecule has 0 N–H and O–H groups in total. The molecule has 0 spiro atoms. The first-order valence-corrected chi connectivity index (χ1v) is 10.1. The Morgan fingerprint density at radius 2 is 1.80 bits per heavy atom. The van der Waals surface area contributed by atoms with Crippen molar-refractivity contribution in [1.29, 1.82) is 0 Å². The molecule has 3 aromatic rings. The number of nitrogens with zero attached hydrogens (tertiary/aromatic N) is 3. The second kappa shape index (κ2) is 6.75. The van der Waals surface area contributed by atoms with E-state index in [-0.39, 0.29) is 0 Å².